The first-order valence-electron chi connectivity index (χ1n) is 8.06. The fourth-order valence-electron chi connectivity index (χ4n) is 2.55. The fraction of sp³-hybridized carbons (Fsp3) is 0.625. The van der Waals surface area contributed by atoms with Gasteiger partial charge in [0.1, 0.15) is 0 Å². The van der Waals surface area contributed by atoms with Gasteiger partial charge in [-0.05, 0) is 36.0 Å². The number of benzene rings is 1. The van der Waals surface area contributed by atoms with Gasteiger partial charge in [-0.2, -0.15) is 0 Å². The Morgan fingerprint density at radius 1 is 0.581 bits per heavy atom. The molecule has 1 rings (SSSR count). The normalized spacial score (nSPS) is 14.8. The number of hydrogen-bond donors (Lipinski definition) is 1. The molecule has 1 nitrogen and oxygen atoms in total. The van der Waals surface area contributed by atoms with Crippen LogP contribution in [0, 0.1) is 0 Å². The molecular weight excluding hydrogens is 705 g/mol. The molecule has 0 fully saturated rings. The summed E-state index contributed by atoms with van der Waals surface area (Å²) in [5.41, 5.74) is 0.467. The zero-order valence-electron chi connectivity index (χ0n) is 14.8. The van der Waals surface area contributed by atoms with E-state index < -0.39 is 24.9 Å². The summed E-state index contributed by atoms with van der Waals surface area (Å²) in [6.07, 6.45) is 1.02. The summed E-state index contributed by atoms with van der Waals surface area (Å²) in [5, 5.41) is 9.18. The van der Waals surface area contributed by atoms with Gasteiger partial charge in [-0.25, -0.2) is 0 Å². The van der Waals surface area contributed by atoms with Gasteiger partial charge in [-0.3, -0.25) is 0 Å². The summed E-state index contributed by atoms with van der Waals surface area (Å²) in [6.45, 7) is -0.0938. The quantitative estimate of drug-likeness (QED) is 0.210. The second kappa shape index (κ2) is 11.3. The average Bonchev–Trinajstić information content (AvgIpc) is 2.59. The first kappa shape index (κ1) is 32.3. The monoisotopic (exact) mass is 710 g/mol. The molecule has 1 aromatic rings. The standard InChI is InChI=1S/C16H12Cl14O/c17-11(18,13(21,22)15(25,26)27)9-5-3-6-10(8(9)4-1-2-7-31)12(19,20)14(23,24)16(28,29)30/h3,5-6,31H,1-2,4,7H2. The molecule has 15 heteroatoms. The highest BCUT2D eigenvalue weighted by Gasteiger charge is 2.63. The highest BCUT2D eigenvalue weighted by atomic mass is 35.6. The molecule has 0 bridgehead atoms. The van der Waals surface area contributed by atoms with E-state index in [1.54, 1.807) is 0 Å². The molecule has 0 aromatic heterocycles. The van der Waals surface area contributed by atoms with E-state index in [2.05, 4.69) is 0 Å². The molecule has 0 heterocycles. The molecule has 0 amide bonds. The minimum Gasteiger partial charge on any atom is -0.396 e. The van der Waals surface area contributed by atoms with Crippen LogP contribution in [0.2, 0.25) is 0 Å². The van der Waals surface area contributed by atoms with E-state index in [1.807, 2.05) is 0 Å². The van der Waals surface area contributed by atoms with Gasteiger partial charge in [-0.15, -0.1) is 0 Å². The molecule has 0 aliphatic rings. The smallest absolute Gasteiger partial charge is 0.226 e. The molecular formula is C16H12Cl14O. The lowest BCUT2D eigenvalue weighted by molar-refractivity contribution is 0.284. The summed E-state index contributed by atoms with van der Waals surface area (Å²) in [5.74, 6) is 0. The van der Waals surface area contributed by atoms with Gasteiger partial charge in [0.15, 0.2) is 8.67 Å². The Hall–Kier alpha value is 3.24. The lowest BCUT2D eigenvalue weighted by Gasteiger charge is -2.42. The summed E-state index contributed by atoms with van der Waals surface area (Å²) < 4.78 is -13.8. The van der Waals surface area contributed by atoms with Crippen LogP contribution in [0.15, 0.2) is 18.2 Å². The molecule has 0 saturated heterocycles. The topological polar surface area (TPSA) is 20.2 Å². The highest BCUT2D eigenvalue weighted by molar-refractivity contribution is 6.79. The first-order valence-corrected chi connectivity index (χ1v) is 13.4. The maximum atomic E-state index is 9.18. The van der Waals surface area contributed by atoms with Crippen molar-refractivity contribution in [3.05, 3.63) is 34.9 Å². The van der Waals surface area contributed by atoms with Crippen molar-refractivity contribution in [3.8, 4) is 0 Å². The van der Waals surface area contributed by atoms with Crippen LogP contribution in [0.3, 0.4) is 0 Å². The number of aliphatic hydroxyl groups excluding tert-OH is 1. The van der Waals surface area contributed by atoms with Crippen LogP contribution in [-0.2, 0) is 15.1 Å². The van der Waals surface area contributed by atoms with Crippen LogP contribution >= 0.6 is 162 Å². The molecule has 0 aliphatic carbocycles. The van der Waals surface area contributed by atoms with Crippen molar-refractivity contribution in [1.29, 1.82) is 0 Å². The Morgan fingerprint density at radius 3 is 1.23 bits per heavy atom. The van der Waals surface area contributed by atoms with E-state index in [4.69, 9.17) is 162 Å². The lowest BCUT2D eigenvalue weighted by Crippen LogP contribution is -2.47. The molecule has 0 atom stereocenters. The maximum absolute atomic E-state index is 9.18. The van der Waals surface area contributed by atoms with Crippen molar-refractivity contribution in [2.24, 2.45) is 0 Å². The second-order valence-corrected chi connectivity index (χ2v) is 16.2. The fourth-order valence-corrected chi connectivity index (χ4v) is 5.67. The van der Waals surface area contributed by atoms with Gasteiger partial charge in [0, 0.05) is 6.61 Å². The van der Waals surface area contributed by atoms with Gasteiger partial charge >= 0.3 is 0 Å². The second-order valence-electron chi connectivity index (χ2n) is 6.31. The van der Waals surface area contributed by atoms with Crippen LogP contribution in [0.5, 0.6) is 0 Å². The Balaban J connectivity index is 3.86. The Bertz CT molecular complexity index is 706. The molecule has 180 valence electrons. The third-order valence-electron chi connectivity index (χ3n) is 4.19. The van der Waals surface area contributed by atoms with E-state index in [-0.39, 0.29) is 24.2 Å². The Morgan fingerprint density at radius 2 is 0.935 bits per heavy atom. The van der Waals surface area contributed by atoms with Gasteiger partial charge in [0.2, 0.25) is 16.3 Å². The van der Waals surface area contributed by atoms with E-state index >= 15 is 0 Å². The van der Waals surface area contributed by atoms with Gasteiger partial charge < -0.3 is 5.11 Å². The number of hydrogen-bond acceptors (Lipinski definition) is 1. The Kier molecular flexibility index (Phi) is 11.8. The van der Waals surface area contributed by atoms with Gasteiger partial charge in [0.25, 0.3) is 0 Å². The van der Waals surface area contributed by atoms with Gasteiger partial charge in [-0.1, -0.05) is 181 Å². The minimum atomic E-state index is -2.35. The summed E-state index contributed by atoms with van der Waals surface area (Å²) >= 11 is 86.9. The molecule has 0 saturated carbocycles. The maximum Gasteiger partial charge on any atom is 0.226 e. The Labute approximate surface area is 250 Å². The zero-order valence-corrected chi connectivity index (χ0v) is 25.4. The van der Waals surface area contributed by atoms with E-state index in [9.17, 15) is 5.11 Å². The number of rotatable bonds is 8. The molecule has 1 aromatic carbocycles. The van der Waals surface area contributed by atoms with Crippen molar-refractivity contribution in [1.82, 2.24) is 0 Å². The highest BCUT2D eigenvalue weighted by Crippen LogP contribution is 2.64. The lowest BCUT2D eigenvalue weighted by atomic mass is 9.90. The third kappa shape index (κ3) is 6.58. The predicted octanol–water partition coefficient (Wildman–Crippen LogP) is 10.4. The van der Waals surface area contributed by atoms with Crippen molar-refractivity contribution in [2.45, 2.75) is 44.2 Å². The molecule has 0 aliphatic heterocycles. The SMILES string of the molecule is OCCCCc1c(C(Cl)(Cl)C(Cl)(Cl)C(Cl)(Cl)Cl)cccc1C(Cl)(Cl)C(Cl)(Cl)C(Cl)(Cl)Cl. The molecule has 0 radical (unpaired) electrons. The number of unbranched alkanes of at least 4 members (excludes halogenated alkanes) is 1. The van der Waals surface area contributed by atoms with E-state index in [0.29, 0.717) is 18.4 Å². The van der Waals surface area contributed by atoms with E-state index in [0.717, 1.165) is 0 Å². The number of aliphatic hydroxyl groups is 1. The summed E-state index contributed by atoms with van der Waals surface area (Å²) in [6, 6.07) is 4.40. The van der Waals surface area contributed by atoms with Crippen molar-refractivity contribution >= 4 is 162 Å². The van der Waals surface area contributed by atoms with Crippen LogP contribution in [0.1, 0.15) is 29.5 Å². The van der Waals surface area contributed by atoms with Crippen LogP contribution in [-0.4, -0.2) is 28.0 Å². The molecule has 1 N–H and O–H groups in total. The van der Waals surface area contributed by atoms with Crippen LogP contribution in [0.4, 0.5) is 0 Å². The van der Waals surface area contributed by atoms with Crippen molar-refractivity contribution < 1.29 is 5.11 Å². The van der Waals surface area contributed by atoms with Crippen molar-refractivity contribution in [2.75, 3.05) is 6.61 Å². The van der Waals surface area contributed by atoms with E-state index in [1.165, 1.54) is 18.2 Å². The summed E-state index contributed by atoms with van der Waals surface area (Å²) in [7, 11) is 0. The van der Waals surface area contributed by atoms with Gasteiger partial charge in [0.05, 0.1) is 0 Å². The molecule has 0 unspecified atom stereocenters. The third-order valence-corrected chi connectivity index (χ3v) is 12.0. The largest absolute Gasteiger partial charge is 0.396 e. The van der Waals surface area contributed by atoms with Crippen LogP contribution < -0.4 is 0 Å². The van der Waals surface area contributed by atoms with Crippen molar-refractivity contribution in [3.63, 3.8) is 0 Å². The minimum absolute atomic E-state index is 0.0849. The number of alkyl halides is 14. The molecule has 31 heavy (non-hydrogen) atoms. The molecule has 0 spiro atoms. The average molecular weight is 717 g/mol. The zero-order chi connectivity index (χ0) is 24.7. The summed E-state index contributed by atoms with van der Waals surface area (Å²) in [4.78, 5) is 0. The predicted molar refractivity (Wildman–Crippen MR) is 143 cm³/mol. The van der Waals surface area contributed by atoms with Crippen LogP contribution in [0.25, 0.3) is 0 Å². The first-order chi connectivity index (χ1) is 13.7. The number of halogens is 14.